The van der Waals surface area contributed by atoms with E-state index in [2.05, 4.69) is 19.2 Å². The summed E-state index contributed by atoms with van der Waals surface area (Å²) in [5.41, 5.74) is -1.23. The van der Waals surface area contributed by atoms with Gasteiger partial charge < -0.3 is 14.2 Å². The molecule has 0 fully saturated rings. The van der Waals surface area contributed by atoms with Gasteiger partial charge in [-0.25, -0.2) is 13.8 Å². The van der Waals surface area contributed by atoms with Crippen LogP contribution in [0.15, 0.2) is 6.07 Å². The summed E-state index contributed by atoms with van der Waals surface area (Å²) in [6.45, 7) is 0. The Morgan fingerprint density at radius 3 is 2.38 bits per heavy atom. The number of rotatable bonds is 5. The van der Waals surface area contributed by atoms with E-state index in [9.17, 15) is 26.7 Å². The van der Waals surface area contributed by atoms with E-state index in [0.29, 0.717) is 0 Å². The van der Waals surface area contributed by atoms with Gasteiger partial charge in [0.05, 0.1) is 31.9 Å². The zero-order valence-corrected chi connectivity index (χ0v) is 10.8. The van der Waals surface area contributed by atoms with Gasteiger partial charge >= 0.3 is 12.3 Å². The van der Waals surface area contributed by atoms with E-state index >= 15 is 0 Å². The number of methoxy groups -OCH3 is 2. The van der Waals surface area contributed by atoms with Crippen LogP contribution in [0.5, 0.6) is 11.6 Å². The number of pyridine rings is 1. The largest absolute Gasteiger partial charge is 0.574 e. The van der Waals surface area contributed by atoms with E-state index in [1.807, 2.05) is 0 Å². The second kappa shape index (κ2) is 6.55. The van der Waals surface area contributed by atoms with Crippen molar-refractivity contribution in [1.82, 2.24) is 4.98 Å². The number of hydrogen-bond donors (Lipinski definition) is 0. The summed E-state index contributed by atoms with van der Waals surface area (Å²) < 4.78 is 74.8. The third-order valence-corrected chi connectivity index (χ3v) is 2.23. The van der Waals surface area contributed by atoms with Crippen molar-refractivity contribution in [2.45, 2.75) is 19.2 Å². The quantitative estimate of drug-likeness (QED) is 0.617. The van der Waals surface area contributed by atoms with Crippen LogP contribution in [0.3, 0.4) is 0 Å². The topological polar surface area (TPSA) is 57.7 Å². The van der Waals surface area contributed by atoms with Crippen LogP contribution in [-0.4, -0.2) is 31.5 Å². The first-order valence-corrected chi connectivity index (χ1v) is 5.36. The highest BCUT2D eigenvalue weighted by atomic mass is 19.4. The molecule has 118 valence electrons. The number of aromatic nitrogens is 1. The summed E-state index contributed by atoms with van der Waals surface area (Å²) in [4.78, 5) is 14.4. The van der Waals surface area contributed by atoms with Gasteiger partial charge in [-0.05, 0) is 6.07 Å². The average molecular weight is 315 g/mol. The highest BCUT2D eigenvalue weighted by Gasteiger charge is 2.35. The smallest absolute Gasteiger partial charge is 0.491 e. The first-order valence-electron chi connectivity index (χ1n) is 5.36. The molecule has 1 aromatic heterocycles. The Labute approximate surface area is 115 Å². The molecular weight excluding hydrogens is 305 g/mol. The van der Waals surface area contributed by atoms with Crippen molar-refractivity contribution in [3.8, 4) is 11.6 Å². The van der Waals surface area contributed by atoms with E-state index in [1.54, 1.807) is 0 Å². The molecule has 1 aromatic rings. The molecule has 0 saturated carbocycles. The van der Waals surface area contributed by atoms with Crippen LogP contribution in [0.2, 0.25) is 0 Å². The first kappa shape index (κ1) is 16.9. The Balaban J connectivity index is 3.33. The number of halogens is 5. The Kier molecular flexibility index (Phi) is 5.28. The fourth-order valence-corrected chi connectivity index (χ4v) is 1.44. The van der Waals surface area contributed by atoms with Crippen LogP contribution in [0.1, 0.15) is 17.7 Å². The molecule has 1 heterocycles. The van der Waals surface area contributed by atoms with Crippen LogP contribution in [-0.2, 0) is 16.0 Å². The number of carbonyl (C=O) groups excluding carboxylic acids is 1. The van der Waals surface area contributed by atoms with E-state index in [4.69, 9.17) is 0 Å². The van der Waals surface area contributed by atoms with Gasteiger partial charge in [0.25, 0.3) is 12.3 Å². The maximum Gasteiger partial charge on any atom is 0.574 e. The summed E-state index contributed by atoms with van der Waals surface area (Å²) in [6, 6.07) is 0.754. The monoisotopic (exact) mass is 315 g/mol. The maximum absolute atomic E-state index is 12.9. The van der Waals surface area contributed by atoms with Crippen LogP contribution < -0.4 is 9.47 Å². The van der Waals surface area contributed by atoms with Crippen molar-refractivity contribution < 1.29 is 41.0 Å². The van der Waals surface area contributed by atoms with Crippen molar-refractivity contribution in [1.29, 1.82) is 0 Å². The number of alkyl halides is 5. The third kappa shape index (κ3) is 4.72. The number of ether oxygens (including phenoxy) is 3. The lowest BCUT2D eigenvalue weighted by molar-refractivity contribution is -0.276. The number of esters is 1. The summed E-state index contributed by atoms with van der Waals surface area (Å²) in [6.07, 6.45) is -8.88. The molecule has 0 aliphatic rings. The molecule has 0 radical (unpaired) electrons. The first-order chi connectivity index (χ1) is 9.67. The van der Waals surface area contributed by atoms with Crippen LogP contribution >= 0.6 is 0 Å². The molecule has 0 amide bonds. The standard InChI is InChI=1S/C11H10F5NO4/c1-19-7(18)4-5-3-6(9(12)13)8(20-2)10(17-5)21-11(14,15)16/h3,9H,4H2,1-2H3. The molecule has 10 heteroatoms. The highest BCUT2D eigenvalue weighted by molar-refractivity contribution is 5.72. The van der Waals surface area contributed by atoms with Crippen molar-refractivity contribution in [2.24, 2.45) is 0 Å². The van der Waals surface area contributed by atoms with Crippen molar-refractivity contribution in [3.05, 3.63) is 17.3 Å². The van der Waals surface area contributed by atoms with Crippen LogP contribution in [0.4, 0.5) is 22.0 Å². The lowest BCUT2D eigenvalue weighted by atomic mass is 10.1. The Bertz CT molecular complexity index is 518. The number of carbonyl (C=O) groups is 1. The van der Waals surface area contributed by atoms with Gasteiger partial charge in [-0.3, -0.25) is 4.79 Å². The molecule has 1 rings (SSSR count). The van der Waals surface area contributed by atoms with E-state index in [1.165, 1.54) is 0 Å². The molecule has 0 unspecified atom stereocenters. The van der Waals surface area contributed by atoms with E-state index in [0.717, 1.165) is 20.3 Å². The molecule has 0 aliphatic carbocycles. The zero-order valence-electron chi connectivity index (χ0n) is 10.8. The SMILES string of the molecule is COC(=O)Cc1cc(C(F)F)c(OC)c(OC(F)(F)F)n1. The molecule has 0 aliphatic heterocycles. The Morgan fingerprint density at radius 1 is 1.33 bits per heavy atom. The molecular formula is C11H10F5NO4. The van der Waals surface area contributed by atoms with Crippen molar-refractivity contribution >= 4 is 5.97 Å². The summed E-state index contributed by atoms with van der Waals surface area (Å²) in [5, 5.41) is 0. The second-order valence-corrected chi connectivity index (χ2v) is 3.64. The minimum Gasteiger partial charge on any atom is -0.491 e. The minimum atomic E-state index is -5.15. The zero-order chi connectivity index (χ0) is 16.2. The summed E-state index contributed by atoms with van der Waals surface area (Å²) in [7, 11) is 1.93. The lowest BCUT2D eigenvalue weighted by Gasteiger charge is -2.15. The van der Waals surface area contributed by atoms with Gasteiger partial charge in [-0.15, -0.1) is 13.2 Å². The predicted octanol–water partition coefficient (Wildman–Crippen LogP) is 2.64. The third-order valence-electron chi connectivity index (χ3n) is 2.23. The lowest BCUT2D eigenvalue weighted by Crippen LogP contribution is -2.20. The Morgan fingerprint density at radius 2 is 1.95 bits per heavy atom. The van der Waals surface area contributed by atoms with Gasteiger partial charge in [0, 0.05) is 0 Å². The molecule has 0 spiro atoms. The summed E-state index contributed by atoms with van der Waals surface area (Å²) >= 11 is 0. The van der Waals surface area contributed by atoms with E-state index in [-0.39, 0.29) is 5.69 Å². The van der Waals surface area contributed by atoms with Gasteiger partial charge in [0.2, 0.25) is 0 Å². The fraction of sp³-hybridized carbons (Fsp3) is 0.455. The fourth-order valence-electron chi connectivity index (χ4n) is 1.44. The molecule has 21 heavy (non-hydrogen) atoms. The molecule has 0 bridgehead atoms. The molecule has 0 saturated heterocycles. The number of hydrogen-bond acceptors (Lipinski definition) is 5. The van der Waals surface area contributed by atoms with Gasteiger partial charge in [0.15, 0.2) is 5.75 Å². The van der Waals surface area contributed by atoms with Crippen molar-refractivity contribution in [3.63, 3.8) is 0 Å². The minimum absolute atomic E-state index is 0.364. The van der Waals surface area contributed by atoms with Crippen LogP contribution in [0.25, 0.3) is 0 Å². The van der Waals surface area contributed by atoms with Crippen molar-refractivity contribution in [2.75, 3.05) is 14.2 Å². The highest BCUT2D eigenvalue weighted by Crippen LogP contribution is 2.38. The van der Waals surface area contributed by atoms with E-state index < -0.39 is 42.4 Å². The Hall–Kier alpha value is -2.13. The predicted molar refractivity (Wildman–Crippen MR) is 58.1 cm³/mol. The van der Waals surface area contributed by atoms with Crippen LogP contribution in [0, 0.1) is 0 Å². The number of nitrogens with zero attached hydrogens (tertiary/aromatic N) is 1. The maximum atomic E-state index is 12.9. The van der Waals surface area contributed by atoms with Gasteiger partial charge in [-0.1, -0.05) is 0 Å². The summed E-state index contributed by atoms with van der Waals surface area (Å²) in [5.74, 6) is -2.90. The molecule has 0 N–H and O–H groups in total. The molecule has 0 aromatic carbocycles. The van der Waals surface area contributed by atoms with Gasteiger partial charge in [0.1, 0.15) is 0 Å². The molecule has 0 atom stereocenters. The normalized spacial score (nSPS) is 11.4. The van der Waals surface area contributed by atoms with Gasteiger partial charge in [-0.2, -0.15) is 0 Å². The average Bonchev–Trinajstić information content (AvgIpc) is 2.36. The second-order valence-electron chi connectivity index (χ2n) is 3.64. The molecule has 5 nitrogen and oxygen atoms in total.